The normalized spacial score (nSPS) is 10.5. The van der Waals surface area contributed by atoms with Crippen molar-refractivity contribution in [3.05, 3.63) is 70.3 Å². The Hall–Kier alpha value is -2.31. The Bertz CT molecular complexity index is 833. The van der Waals surface area contributed by atoms with Crippen LogP contribution in [-0.2, 0) is 13.3 Å². The number of hydrogen-bond acceptors (Lipinski definition) is 5. The predicted octanol–water partition coefficient (Wildman–Crippen LogP) is 4.51. The SMILES string of the molecule is S=c1oc(COc2ccccc2)nn1CNc1ccccc1Cl. The summed E-state index contributed by atoms with van der Waals surface area (Å²) in [5.41, 5.74) is 0.807. The third kappa shape index (κ3) is 4.12. The summed E-state index contributed by atoms with van der Waals surface area (Å²) in [6.45, 7) is 0.574. The molecule has 0 saturated heterocycles. The van der Waals surface area contributed by atoms with Crippen molar-refractivity contribution in [2.75, 3.05) is 5.32 Å². The van der Waals surface area contributed by atoms with Gasteiger partial charge >= 0.3 is 0 Å². The molecule has 1 heterocycles. The van der Waals surface area contributed by atoms with Crippen molar-refractivity contribution in [1.29, 1.82) is 0 Å². The minimum atomic E-state index is 0.215. The fourth-order valence-corrected chi connectivity index (χ4v) is 2.34. The van der Waals surface area contributed by atoms with E-state index in [4.69, 9.17) is 33.0 Å². The largest absolute Gasteiger partial charge is 0.484 e. The molecule has 2 aromatic carbocycles. The molecule has 0 atom stereocenters. The van der Waals surface area contributed by atoms with Crippen LogP contribution in [0.3, 0.4) is 0 Å². The molecular weight excluding hydrogens is 334 g/mol. The van der Waals surface area contributed by atoms with Gasteiger partial charge in [-0.1, -0.05) is 41.9 Å². The lowest BCUT2D eigenvalue weighted by atomic mass is 10.3. The Balaban J connectivity index is 1.62. The van der Waals surface area contributed by atoms with Crippen molar-refractivity contribution in [2.24, 2.45) is 0 Å². The summed E-state index contributed by atoms with van der Waals surface area (Å²) in [5.74, 6) is 1.16. The van der Waals surface area contributed by atoms with Crippen molar-refractivity contribution < 1.29 is 9.15 Å². The van der Waals surface area contributed by atoms with Crippen LogP contribution in [0.2, 0.25) is 5.02 Å². The molecular formula is C16H14ClN3O2S. The van der Waals surface area contributed by atoms with Crippen molar-refractivity contribution in [1.82, 2.24) is 9.78 Å². The number of aromatic nitrogens is 2. The first-order valence-electron chi connectivity index (χ1n) is 6.95. The van der Waals surface area contributed by atoms with E-state index in [2.05, 4.69) is 10.4 Å². The number of hydrogen-bond donors (Lipinski definition) is 1. The summed E-state index contributed by atoms with van der Waals surface area (Å²) in [7, 11) is 0. The second kappa shape index (κ2) is 7.30. The molecule has 0 amide bonds. The number of rotatable bonds is 6. The van der Waals surface area contributed by atoms with Crippen molar-refractivity contribution in [3.8, 4) is 5.75 Å². The predicted molar refractivity (Wildman–Crippen MR) is 91.2 cm³/mol. The highest BCUT2D eigenvalue weighted by atomic mass is 35.5. The van der Waals surface area contributed by atoms with Crippen LogP contribution in [0.15, 0.2) is 59.0 Å². The second-order valence-electron chi connectivity index (χ2n) is 4.68. The monoisotopic (exact) mass is 347 g/mol. The molecule has 7 heteroatoms. The zero-order valence-corrected chi connectivity index (χ0v) is 13.7. The molecule has 1 aromatic heterocycles. The van der Waals surface area contributed by atoms with Crippen molar-refractivity contribution >= 4 is 29.5 Å². The zero-order valence-electron chi connectivity index (χ0n) is 12.1. The minimum Gasteiger partial charge on any atom is -0.484 e. The first-order chi connectivity index (χ1) is 11.2. The lowest BCUT2D eigenvalue weighted by Gasteiger charge is -2.07. The fourth-order valence-electron chi connectivity index (χ4n) is 1.93. The maximum Gasteiger partial charge on any atom is 0.288 e. The number of anilines is 1. The molecule has 3 aromatic rings. The number of nitrogens with one attached hydrogen (secondary N) is 1. The molecule has 118 valence electrons. The van der Waals surface area contributed by atoms with E-state index in [9.17, 15) is 0 Å². The van der Waals surface area contributed by atoms with Gasteiger partial charge in [0.25, 0.3) is 10.7 Å². The molecule has 0 bridgehead atoms. The summed E-state index contributed by atoms with van der Waals surface area (Å²) < 4.78 is 12.6. The zero-order chi connectivity index (χ0) is 16.1. The lowest BCUT2D eigenvalue weighted by Crippen LogP contribution is -2.10. The summed E-state index contributed by atoms with van der Waals surface area (Å²) in [4.78, 5) is 0.274. The minimum absolute atomic E-state index is 0.215. The third-order valence-electron chi connectivity index (χ3n) is 3.05. The van der Waals surface area contributed by atoms with Crippen molar-refractivity contribution in [2.45, 2.75) is 13.3 Å². The molecule has 23 heavy (non-hydrogen) atoms. The van der Waals surface area contributed by atoms with E-state index in [0.717, 1.165) is 11.4 Å². The van der Waals surface area contributed by atoms with Gasteiger partial charge in [0.1, 0.15) is 12.4 Å². The number of nitrogens with zero attached hydrogens (tertiary/aromatic N) is 2. The third-order valence-corrected chi connectivity index (χ3v) is 3.67. The van der Waals surface area contributed by atoms with Gasteiger partial charge < -0.3 is 14.5 Å². The van der Waals surface area contributed by atoms with Gasteiger partial charge in [0.15, 0.2) is 6.61 Å². The van der Waals surface area contributed by atoms with Crippen LogP contribution in [0.5, 0.6) is 5.75 Å². The highest BCUT2D eigenvalue weighted by molar-refractivity contribution is 7.71. The van der Waals surface area contributed by atoms with Crippen LogP contribution in [0, 0.1) is 4.84 Å². The van der Waals surface area contributed by atoms with Crippen LogP contribution >= 0.6 is 23.8 Å². The summed E-state index contributed by atoms with van der Waals surface area (Å²) in [6.07, 6.45) is 0. The fraction of sp³-hybridized carbons (Fsp3) is 0.125. The molecule has 0 saturated carbocycles. The van der Waals surface area contributed by atoms with Gasteiger partial charge in [-0.05, 0) is 36.5 Å². The molecule has 5 nitrogen and oxygen atoms in total. The molecule has 1 N–H and O–H groups in total. The van der Waals surface area contributed by atoms with Crippen LogP contribution in [0.25, 0.3) is 0 Å². The summed E-state index contributed by atoms with van der Waals surface area (Å²) in [5, 5.41) is 8.08. The van der Waals surface area contributed by atoms with E-state index in [1.54, 1.807) is 4.68 Å². The lowest BCUT2D eigenvalue weighted by molar-refractivity contribution is 0.261. The maximum atomic E-state index is 6.09. The molecule has 0 aliphatic heterocycles. The molecule has 0 aliphatic rings. The Labute approximate surface area is 143 Å². The number of halogens is 1. The number of ether oxygens (including phenoxy) is 1. The first-order valence-corrected chi connectivity index (χ1v) is 7.74. The summed E-state index contributed by atoms with van der Waals surface area (Å²) >= 11 is 11.2. The van der Waals surface area contributed by atoms with E-state index in [-0.39, 0.29) is 11.4 Å². The summed E-state index contributed by atoms with van der Waals surface area (Å²) in [6, 6.07) is 16.9. The van der Waals surface area contributed by atoms with Crippen LogP contribution in [0.4, 0.5) is 5.69 Å². The van der Waals surface area contributed by atoms with E-state index >= 15 is 0 Å². The van der Waals surface area contributed by atoms with E-state index in [1.165, 1.54) is 0 Å². The first kappa shape index (κ1) is 15.6. The van der Waals surface area contributed by atoms with Gasteiger partial charge in [-0.2, -0.15) is 0 Å². The van der Waals surface area contributed by atoms with Gasteiger partial charge in [0.2, 0.25) is 0 Å². The molecule has 3 rings (SSSR count). The number of para-hydroxylation sites is 2. The Morgan fingerprint density at radius 2 is 1.87 bits per heavy atom. The van der Waals surface area contributed by atoms with E-state index in [0.29, 0.717) is 17.6 Å². The average molecular weight is 348 g/mol. The highest BCUT2D eigenvalue weighted by Crippen LogP contribution is 2.20. The molecule has 0 spiro atoms. The standard InChI is InChI=1S/C16H14ClN3O2S/c17-13-8-4-5-9-14(13)18-11-20-16(23)22-15(19-20)10-21-12-6-2-1-3-7-12/h1-9,18H,10-11H2. The van der Waals surface area contributed by atoms with Gasteiger partial charge in [-0.25, -0.2) is 4.68 Å². The smallest absolute Gasteiger partial charge is 0.288 e. The Morgan fingerprint density at radius 3 is 2.65 bits per heavy atom. The number of benzene rings is 2. The highest BCUT2D eigenvalue weighted by Gasteiger charge is 2.07. The molecule has 0 radical (unpaired) electrons. The van der Waals surface area contributed by atoms with Crippen molar-refractivity contribution in [3.63, 3.8) is 0 Å². The molecule has 0 fully saturated rings. The molecule has 0 unspecified atom stereocenters. The van der Waals surface area contributed by atoms with E-state index in [1.807, 2.05) is 54.6 Å². The van der Waals surface area contributed by atoms with Crippen LogP contribution in [0.1, 0.15) is 5.89 Å². The Morgan fingerprint density at radius 1 is 1.13 bits per heavy atom. The van der Waals surface area contributed by atoms with E-state index < -0.39 is 0 Å². The second-order valence-corrected chi connectivity index (χ2v) is 5.43. The van der Waals surface area contributed by atoms with Gasteiger partial charge in [-0.3, -0.25) is 0 Å². The topological polar surface area (TPSA) is 52.2 Å². The quantitative estimate of drug-likeness (QED) is 0.665. The van der Waals surface area contributed by atoms with Crippen LogP contribution < -0.4 is 10.1 Å². The molecule has 0 aliphatic carbocycles. The van der Waals surface area contributed by atoms with Gasteiger partial charge in [-0.15, -0.1) is 5.10 Å². The van der Waals surface area contributed by atoms with Gasteiger partial charge in [0.05, 0.1) is 10.7 Å². The maximum absolute atomic E-state index is 6.09. The Kier molecular flexibility index (Phi) is 4.95. The van der Waals surface area contributed by atoms with Gasteiger partial charge in [0, 0.05) is 0 Å². The van der Waals surface area contributed by atoms with Crippen LogP contribution in [-0.4, -0.2) is 9.78 Å². The average Bonchev–Trinajstić information content (AvgIpc) is 2.93.